The number of H-pyrrole nitrogens is 1. The number of carbonyl (C=O) groups is 1. The first-order chi connectivity index (χ1) is 11.2. The van der Waals surface area contributed by atoms with Gasteiger partial charge in [0, 0.05) is 36.2 Å². The third-order valence-corrected chi connectivity index (χ3v) is 6.06. The van der Waals surface area contributed by atoms with E-state index in [2.05, 4.69) is 30.1 Å². The van der Waals surface area contributed by atoms with Crippen molar-refractivity contribution in [3.05, 3.63) is 35.5 Å². The van der Waals surface area contributed by atoms with Crippen molar-refractivity contribution in [1.82, 2.24) is 9.88 Å². The Morgan fingerprint density at radius 2 is 2.17 bits per heavy atom. The van der Waals surface area contributed by atoms with Crippen LogP contribution in [0.3, 0.4) is 0 Å². The summed E-state index contributed by atoms with van der Waals surface area (Å²) in [5.41, 5.74) is 3.57. The van der Waals surface area contributed by atoms with E-state index in [-0.39, 0.29) is 24.0 Å². The lowest BCUT2D eigenvalue weighted by Crippen LogP contribution is -2.39. The Hall–Kier alpha value is -1.81. The number of hydrogen-bond acceptors (Lipinski definition) is 2. The van der Waals surface area contributed by atoms with Crippen LogP contribution < -0.4 is 0 Å². The first-order valence-corrected chi connectivity index (χ1v) is 8.67. The number of nitrogens with one attached hydrogen (secondary N) is 1. The highest BCUT2D eigenvalue weighted by atomic mass is 16.3. The Kier molecular flexibility index (Phi) is 3.45. The van der Waals surface area contributed by atoms with E-state index in [0.29, 0.717) is 6.42 Å². The largest absolute Gasteiger partial charge is 0.396 e. The highest BCUT2D eigenvalue weighted by Gasteiger charge is 2.42. The number of hydrogen-bond donors (Lipinski definition) is 2. The molecule has 4 rings (SSSR count). The molecule has 0 saturated carbocycles. The predicted octanol–water partition coefficient (Wildman–Crippen LogP) is 3.17. The Bertz CT molecular complexity index is 745. The van der Waals surface area contributed by atoms with Gasteiger partial charge in [0.1, 0.15) is 0 Å². The third kappa shape index (κ3) is 2.19. The molecular weight excluding hydrogens is 288 g/mol. The van der Waals surface area contributed by atoms with E-state index in [9.17, 15) is 9.90 Å². The molecule has 2 aliphatic heterocycles. The Morgan fingerprint density at radius 3 is 2.96 bits per heavy atom. The van der Waals surface area contributed by atoms with Gasteiger partial charge in [0.25, 0.3) is 0 Å². The molecule has 0 bridgehead atoms. The van der Waals surface area contributed by atoms with Crippen LogP contribution in [0.1, 0.15) is 49.9 Å². The molecular formula is C19H24N2O2. The molecule has 0 aliphatic carbocycles. The summed E-state index contributed by atoms with van der Waals surface area (Å²) < 4.78 is 0. The van der Waals surface area contributed by atoms with Gasteiger partial charge in [0.05, 0.1) is 6.04 Å². The summed E-state index contributed by atoms with van der Waals surface area (Å²) in [6.07, 6.45) is 4.03. The number of nitrogens with zero attached hydrogens (tertiary/aromatic N) is 1. The summed E-state index contributed by atoms with van der Waals surface area (Å²) in [5, 5.41) is 11.3. The Balaban J connectivity index is 1.84. The summed E-state index contributed by atoms with van der Waals surface area (Å²) in [7, 11) is 0. The van der Waals surface area contributed by atoms with Gasteiger partial charge in [-0.05, 0) is 42.7 Å². The number of aliphatic hydroxyl groups is 1. The lowest BCUT2D eigenvalue weighted by Gasteiger charge is -2.38. The molecule has 1 fully saturated rings. The van der Waals surface area contributed by atoms with Crippen LogP contribution in [0.5, 0.6) is 0 Å². The normalized spacial score (nSPS) is 27.7. The molecule has 3 heterocycles. The van der Waals surface area contributed by atoms with Crippen LogP contribution in [-0.4, -0.2) is 34.0 Å². The summed E-state index contributed by atoms with van der Waals surface area (Å²) in [6.45, 7) is 3.09. The fraction of sp³-hybridized carbons (Fsp3) is 0.526. The molecule has 2 N–H and O–H groups in total. The topological polar surface area (TPSA) is 56.3 Å². The number of aromatic nitrogens is 1. The van der Waals surface area contributed by atoms with Crippen molar-refractivity contribution in [3.8, 4) is 0 Å². The lowest BCUT2D eigenvalue weighted by molar-refractivity contribution is -0.133. The van der Waals surface area contributed by atoms with Crippen LogP contribution in [0.2, 0.25) is 0 Å². The highest BCUT2D eigenvalue weighted by molar-refractivity contribution is 5.86. The fourth-order valence-electron chi connectivity index (χ4n) is 4.43. The molecule has 1 unspecified atom stereocenters. The monoisotopic (exact) mass is 312 g/mol. The van der Waals surface area contributed by atoms with Gasteiger partial charge in [-0.2, -0.15) is 0 Å². The quantitative estimate of drug-likeness (QED) is 0.895. The van der Waals surface area contributed by atoms with E-state index in [1.165, 1.54) is 16.6 Å². The molecule has 2 aromatic rings. The van der Waals surface area contributed by atoms with E-state index < -0.39 is 0 Å². The summed E-state index contributed by atoms with van der Waals surface area (Å²) in [6, 6.07) is 8.47. The molecule has 4 heteroatoms. The number of rotatable bonds is 2. The smallest absolute Gasteiger partial charge is 0.223 e. The zero-order valence-electron chi connectivity index (χ0n) is 13.6. The number of fused-ring (bicyclic) bond motifs is 5. The average Bonchev–Trinajstić information content (AvgIpc) is 2.90. The van der Waals surface area contributed by atoms with Gasteiger partial charge in [-0.25, -0.2) is 0 Å². The van der Waals surface area contributed by atoms with E-state index >= 15 is 0 Å². The van der Waals surface area contributed by atoms with Gasteiger partial charge < -0.3 is 15.0 Å². The van der Waals surface area contributed by atoms with Crippen molar-refractivity contribution in [3.63, 3.8) is 0 Å². The molecule has 0 spiro atoms. The Labute approximate surface area is 136 Å². The van der Waals surface area contributed by atoms with Gasteiger partial charge >= 0.3 is 0 Å². The minimum absolute atomic E-state index is 0.0771. The van der Waals surface area contributed by atoms with Crippen LogP contribution in [0, 0.1) is 5.41 Å². The zero-order chi connectivity index (χ0) is 16.0. The minimum Gasteiger partial charge on any atom is -0.396 e. The van der Waals surface area contributed by atoms with E-state index in [1.807, 2.05) is 11.0 Å². The fourth-order valence-corrected chi connectivity index (χ4v) is 4.43. The first-order valence-electron chi connectivity index (χ1n) is 8.67. The van der Waals surface area contributed by atoms with Crippen LogP contribution in [0.15, 0.2) is 24.3 Å². The van der Waals surface area contributed by atoms with Crippen LogP contribution >= 0.6 is 0 Å². The van der Waals surface area contributed by atoms with Crippen molar-refractivity contribution in [2.45, 2.75) is 45.1 Å². The molecule has 2 atom stereocenters. The second-order valence-electron chi connectivity index (χ2n) is 7.13. The van der Waals surface area contributed by atoms with Gasteiger partial charge in [0.15, 0.2) is 0 Å². The number of aromatic amines is 1. The van der Waals surface area contributed by atoms with Crippen molar-refractivity contribution in [2.24, 2.45) is 5.41 Å². The maximum absolute atomic E-state index is 12.6. The first kappa shape index (κ1) is 14.8. The Morgan fingerprint density at radius 1 is 1.35 bits per heavy atom. The van der Waals surface area contributed by atoms with Crippen molar-refractivity contribution in [1.29, 1.82) is 0 Å². The van der Waals surface area contributed by atoms with Crippen LogP contribution in [0.25, 0.3) is 10.9 Å². The van der Waals surface area contributed by atoms with Crippen molar-refractivity contribution >= 4 is 16.8 Å². The standard InChI is InChI=1S/C19H24N2O2/c1-2-19(12-22)9-7-17(23)21-10-8-14-13-5-3-4-6-15(13)20-18(14)16(21)11-19/h3-6,16,20,22H,2,7-12H2,1H3/t16?,19-/m1/s1. The second-order valence-corrected chi connectivity index (χ2v) is 7.13. The van der Waals surface area contributed by atoms with Crippen LogP contribution in [-0.2, 0) is 11.2 Å². The van der Waals surface area contributed by atoms with Gasteiger partial charge in [-0.1, -0.05) is 25.1 Å². The highest BCUT2D eigenvalue weighted by Crippen LogP contribution is 2.46. The van der Waals surface area contributed by atoms with Gasteiger partial charge in [0.2, 0.25) is 5.91 Å². The van der Waals surface area contributed by atoms with Gasteiger partial charge in [-0.3, -0.25) is 4.79 Å². The zero-order valence-corrected chi connectivity index (χ0v) is 13.6. The molecule has 0 radical (unpaired) electrons. The minimum atomic E-state index is -0.138. The SMILES string of the molecule is CC[C@@]1(CO)CCC(=O)N2CCc3c([nH]c4ccccc34)C2C1. The van der Waals surface area contributed by atoms with Crippen molar-refractivity contribution in [2.75, 3.05) is 13.2 Å². The second kappa shape index (κ2) is 5.38. The third-order valence-electron chi connectivity index (χ3n) is 6.06. The average molecular weight is 312 g/mol. The van der Waals surface area contributed by atoms with Gasteiger partial charge in [-0.15, -0.1) is 0 Å². The van der Waals surface area contributed by atoms with E-state index in [0.717, 1.165) is 37.7 Å². The molecule has 4 nitrogen and oxygen atoms in total. The molecule has 23 heavy (non-hydrogen) atoms. The number of carbonyl (C=O) groups excluding carboxylic acids is 1. The van der Waals surface area contributed by atoms with Crippen LogP contribution in [0.4, 0.5) is 0 Å². The number of aliphatic hydroxyl groups excluding tert-OH is 1. The number of amides is 1. The van der Waals surface area contributed by atoms with Crippen molar-refractivity contribution < 1.29 is 9.90 Å². The molecule has 1 aromatic heterocycles. The van der Waals surface area contributed by atoms with E-state index in [4.69, 9.17) is 0 Å². The predicted molar refractivity (Wildman–Crippen MR) is 90.1 cm³/mol. The maximum atomic E-state index is 12.6. The molecule has 1 aromatic carbocycles. The summed E-state index contributed by atoms with van der Waals surface area (Å²) >= 11 is 0. The summed E-state index contributed by atoms with van der Waals surface area (Å²) in [5.74, 6) is 0.239. The summed E-state index contributed by atoms with van der Waals surface area (Å²) in [4.78, 5) is 18.2. The molecule has 2 aliphatic rings. The lowest BCUT2D eigenvalue weighted by atomic mass is 9.76. The maximum Gasteiger partial charge on any atom is 0.223 e. The molecule has 1 amide bonds. The molecule has 122 valence electrons. The molecule has 1 saturated heterocycles. The number of para-hydroxylation sites is 1. The number of benzene rings is 1. The van der Waals surface area contributed by atoms with E-state index in [1.54, 1.807) is 0 Å².